The van der Waals surface area contributed by atoms with Gasteiger partial charge in [0.2, 0.25) is 0 Å². The molecular formula is C10H11ClN2O4. The summed E-state index contributed by atoms with van der Waals surface area (Å²) >= 11 is 5.61. The van der Waals surface area contributed by atoms with Crippen molar-refractivity contribution >= 4 is 23.3 Å². The lowest BCUT2D eigenvalue weighted by atomic mass is 9.98. The van der Waals surface area contributed by atoms with E-state index >= 15 is 0 Å². The number of nitrogens with zero attached hydrogens (tertiary/aromatic N) is 2. The summed E-state index contributed by atoms with van der Waals surface area (Å²) in [6.07, 6.45) is 2.11. The van der Waals surface area contributed by atoms with Crippen LogP contribution in [-0.4, -0.2) is 21.0 Å². The molecule has 1 N–H and O–H groups in total. The van der Waals surface area contributed by atoms with Crippen LogP contribution in [0.15, 0.2) is 12.3 Å². The van der Waals surface area contributed by atoms with E-state index in [1.54, 1.807) is 6.92 Å². The third-order valence-corrected chi connectivity index (χ3v) is 2.47. The molecule has 0 spiro atoms. The average Bonchev–Trinajstić information content (AvgIpc) is 2.26. The Labute approximate surface area is 102 Å². The molecule has 1 heterocycles. The maximum absolute atomic E-state index is 11.1. The molecule has 0 aromatic carbocycles. The first-order valence-corrected chi connectivity index (χ1v) is 5.37. The molecule has 1 rings (SSSR count). The zero-order valence-corrected chi connectivity index (χ0v) is 9.85. The van der Waals surface area contributed by atoms with Crippen molar-refractivity contribution in [2.24, 2.45) is 0 Å². The Balaban J connectivity index is 3.27. The van der Waals surface area contributed by atoms with E-state index in [2.05, 4.69) is 4.98 Å². The van der Waals surface area contributed by atoms with Gasteiger partial charge in [-0.2, -0.15) is 0 Å². The normalized spacial score (nSPS) is 12.1. The van der Waals surface area contributed by atoms with E-state index in [1.165, 1.54) is 6.20 Å². The smallest absolute Gasteiger partial charge is 0.312 e. The number of hydrogen-bond acceptors (Lipinski definition) is 4. The van der Waals surface area contributed by atoms with Gasteiger partial charge >= 0.3 is 5.97 Å². The fourth-order valence-corrected chi connectivity index (χ4v) is 1.67. The number of hydrogen-bond donors (Lipinski definition) is 1. The zero-order chi connectivity index (χ0) is 13.0. The van der Waals surface area contributed by atoms with Gasteiger partial charge in [-0.15, -0.1) is 0 Å². The number of carbonyl (C=O) groups is 1. The van der Waals surface area contributed by atoms with Crippen molar-refractivity contribution in [2.45, 2.75) is 25.7 Å². The standard InChI is InChI=1S/C10H11ClN2O4/c1-2-3-7(10(14)15)9-8(13(16)17)4-6(11)5-12-9/h4-5,7H,2-3H2,1H3,(H,14,15). The molecule has 17 heavy (non-hydrogen) atoms. The number of pyridine rings is 1. The van der Waals surface area contributed by atoms with E-state index in [0.717, 1.165) is 6.07 Å². The molecule has 7 heteroatoms. The van der Waals surface area contributed by atoms with Crippen molar-refractivity contribution in [3.8, 4) is 0 Å². The molecule has 0 aliphatic rings. The monoisotopic (exact) mass is 258 g/mol. The molecule has 0 radical (unpaired) electrons. The van der Waals surface area contributed by atoms with Crippen LogP contribution >= 0.6 is 11.6 Å². The van der Waals surface area contributed by atoms with Crippen LogP contribution in [0.4, 0.5) is 5.69 Å². The van der Waals surface area contributed by atoms with Crippen LogP contribution in [0.5, 0.6) is 0 Å². The lowest BCUT2D eigenvalue weighted by Crippen LogP contribution is -2.14. The largest absolute Gasteiger partial charge is 0.481 e. The van der Waals surface area contributed by atoms with Crippen LogP contribution in [0.25, 0.3) is 0 Å². The predicted octanol–water partition coefficient (Wildman–Crippen LogP) is 2.61. The predicted molar refractivity (Wildman–Crippen MR) is 61.2 cm³/mol. The molecule has 0 amide bonds. The van der Waals surface area contributed by atoms with Gasteiger partial charge in [0, 0.05) is 12.3 Å². The quantitative estimate of drug-likeness (QED) is 0.647. The third kappa shape index (κ3) is 3.13. The summed E-state index contributed by atoms with van der Waals surface area (Å²) in [6.45, 7) is 1.80. The molecule has 0 bridgehead atoms. The Morgan fingerprint density at radius 1 is 1.71 bits per heavy atom. The highest BCUT2D eigenvalue weighted by Gasteiger charge is 2.28. The van der Waals surface area contributed by atoms with Gasteiger partial charge in [-0.3, -0.25) is 19.9 Å². The first-order valence-electron chi connectivity index (χ1n) is 5.00. The Bertz CT molecular complexity index is 450. The Hall–Kier alpha value is -1.69. The van der Waals surface area contributed by atoms with E-state index in [9.17, 15) is 14.9 Å². The SMILES string of the molecule is CCCC(C(=O)O)c1ncc(Cl)cc1[N+](=O)[O-]. The van der Waals surface area contributed by atoms with Gasteiger partial charge in [0.05, 0.1) is 9.95 Å². The zero-order valence-electron chi connectivity index (χ0n) is 9.09. The maximum Gasteiger partial charge on any atom is 0.312 e. The second-order valence-corrected chi connectivity index (χ2v) is 3.93. The molecular weight excluding hydrogens is 248 g/mol. The molecule has 1 atom stereocenters. The van der Waals surface area contributed by atoms with Crippen LogP contribution in [-0.2, 0) is 4.79 Å². The van der Waals surface area contributed by atoms with Crippen LogP contribution in [0.3, 0.4) is 0 Å². The molecule has 0 saturated heterocycles. The van der Waals surface area contributed by atoms with E-state index < -0.39 is 16.8 Å². The summed E-state index contributed by atoms with van der Waals surface area (Å²) < 4.78 is 0. The van der Waals surface area contributed by atoms with Crippen molar-refractivity contribution in [3.05, 3.63) is 33.1 Å². The summed E-state index contributed by atoms with van der Waals surface area (Å²) in [5, 5.41) is 20.0. The van der Waals surface area contributed by atoms with Crippen LogP contribution in [0.1, 0.15) is 31.4 Å². The van der Waals surface area contributed by atoms with Gasteiger partial charge < -0.3 is 5.11 Å². The van der Waals surface area contributed by atoms with Gasteiger partial charge in [0.15, 0.2) is 0 Å². The van der Waals surface area contributed by atoms with Gasteiger partial charge in [-0.05, 0) is 6.42 Å². The number of carboxylic acids is 1. The summed E-state index contributed by atoms with van der Waals surface area (Å²) in [5.41, 5.74) is -0.396. The molecule has 1 aromatic rings. The molecule has 0 fully saturated rings. The first kappa shape index (κ1) is 13.4. The molecule has 1 unspecified atom stereocenters. The van der Waals surface area contributed by atoms with Crippen LogP contribution < -0.4 is 0 Å². The van der Waals surface area contributed by atoms with E-state index in [-0.39, 0.29) is 16.4 Å². The maximum atomic E-state index is 11.1. The van der Waals surface area contributed by atoms with Crippen molar-refractivity contribution in [3.63, 3.8) is 0 Å². The van der Waals surface area contributed by atoms with Gasteiger partial charge in [-0.25, -0.2) is 0 Å². The molecule has 0 saturated carbocycles. The highest BCUT2D eigenvalue weighted by molar-refractivity contribution is 6.30. The number of aliphatic carboxylic acids is 1. The summed E-state index contributed by atoms with van der Waals surface area (Å²) in [6, 6.07) is 1.12. The number of halogens is 1. The average molecular weight is 259 g/mol. The van der Waals surface area contributed by atoms with Crippen LogP contribution in [0.2, 0.25) is 5.02 Å². The Morgan fingerprint density at radius 3 is 2.82 bits per heavy atom. The van der Waals surface area contributed by atoms with Gasteiger partial charge in [-0.1, -0.05) is 24.9 Å². The molecule has 92 valence electrons. The summed E-state index contributed by atoms with van der Waals surface area (Å²) in [4.78, 5) is 25.0. The molecule has 6 nitrogen and oxygen atoms in total. The lowest BCUT2D eigenvalue weighted by Gasteiger charge is -2.10. The summed E-state index contributed by atoms with van der Waals surface area (Å²) in [5.74, 6) is -2.09. The van der Waals surface area contributed by atoms with Crippen LogP contribution in [0, 0.1) is 10.1 Å². The van der Waals surface area contributed by atoms with Crippen molar-refractivity contribution in [1.82, 2.24) is 4.98 Å². The number of carboxylic acid groups (broad SMARTS) is 1. The second-order valence-electron chi connectivity index (χ2n) is 3.49. The molecule has 0 aliphatic heterocycles. The van der Waals surface area contributed by atoms with Crippen molar-refractivity contribution in [2.75, 3.05) is 0 Å². The molecule has 0 aliphatic carbocycles. The molecule has 1 aromatic heterocycles. The van der Waals surface area contributed by atoms with E-state index in [1.807, 2.05) is 0 Å². The second kappa shape index (κ2) is 5.58. The fraction of sp³-hybridized carbons (Fsp3) is 0.400. The minimum Gasteiger partial charge on any atom is -0.481 e. The number of nitro groups is 1. The van der Waals surface area contributed by atoms with E-state index in [4.69, 9.17) is 16.7 Å². The first-order chi connectivity index (χ1) is 7.97. The number of aromatic nitrogens is 1. The van der Waals surface area contributed by atoms with Crippen molar-refractivity contribution < 1.29 is 14.8 Å². The Morgan fingerprint density at radius 2 is 2.35 bits per heavy atom. The highest BCUT2D eigenvalue weighted by Crippen LogP contribution is 2.30. The minimum absolute atomic E-state index is 0.0475. The number of rotatable bonds is 5. The third-order valence-electron chi connectivity index (χ3n) is 2.27. The topological polar surface area (TPSA) is 93.3 Å². The lowest BCUT2D eigenvalue weighted by molar-refractivity contribution is -0.386. The van der Waals surface area contributed by atoms with E-state index in [0.29, 0.717) is 12.8 Å². The fourth-order valence-electron chi connectivity index (χ4n) is 1.52. The minimum atomic E-state index is -1.12. The summed E-state index contributed by atoms with van der Waals surface area (Å²) in [7, 11) is 0. The van der Waals surface area contributed by atoms with Gasteiger partial charge in [0.1, 0.15) is 11.6 Å². The van der Waals surface area contributed by atoms with Crippen molar-refractivity contribution in [1.29, 1.82) is 0 Å². The highest BCUT2D eigenvalue weighted by atomic mass is 35.5. The Kier molecular flexibility index (Phi) is 4.39. The van der Waals surface area contributed by atoms with Gasteiger partial charge in [0.25, 0.3) is 5.69 Å².